The minimum atomic E-state index is 0.869. The summed E-state index contributed by atoms with van der Waals surface area (Å²) in [5.41, 5.74) is 4.79. The molecule has 2 aromatic carbocycles. The van der Waals surface area contributed by atoms with Gasteiger partial charge in [-0.3, -0.25) is 9.88 Å². The van der Waals surface area contributed by atoms with Crippen LogP contribution >= 0.6 is 0 Å². The van der Waals surface area contributed by atoms with Gasteiger partial charge in [0.05, 0.1) is 12.8 Å². The quantitative estimate of drug-likeness (QED) is 0.686. The molecule has 1 saturated heterocycles. The van der Waals surface area contributed by atoms with Crippen molar-refractivity contribution in [1.82, 2.24) is 9.88 Å². The molecule has 0 bridgehead atoms. The van der Waals surface area contributed by atoms with Crippen molar-refractivity contribution in [2.24, 2.45) is 0 Å². The number of anilines is 1. The van der Waals surface area contributed by atoms with E-state index in [1.54, 1.807) is 7.11 Å². The first kappa shape index (κ1) is 17.6. The fraction of sp³-hybridized carbons (Fsp3) is 0.261. The number of ether oxygens (including phenoxy) is 1. The summed E-state index contributed by atoms with van der Waals surface area (Å²) in [6.07, 6.45) is 1.87. The van der Waals surface area contributed by atoms with Crippen LogP contribution in [0.1, 0.15) is 5.56 Å². The third-order valence-electron chi connectivity index (χ3n) is 5.14. The number of para-hydroxylation sites is 1. The van der Waals surface area contributed by atoms with Crippen molar-refractivity contribution in [3.05, 3.63) is 78.5 Å². The molecule has 0 amide bonds. The number of pyridine rings is 1. The summed E-state index contributed by atoms with van der Waals surface area (Å²) in [4.78, 5) is 9.63. The van der Waals surface area contributed by atoms with Gasteiger partial charge in [0, 0.05) is 50.2 Å². The Morgan fingerprint density at radius 1 is 0.852 bits per heavy atom. The number of aromatic nitrogens is 1. The molecule has 2 heterocycles. The molecule has 27 heavy (non-hydrogen) atoms. The van der Waals surface area contributed by atoms with Gasteiger partial charge in [-0.1, -0.05) is 24.3 Å². The Morgan fingerprint density at radius 3 is 2.30 bits per heavy atom. The average molecular weight is 359 g/mol. The molecule has 0 spiro atoms. The van der Waals surface area contributed by atoms with Gasteiger partial charge in [-0.05, 0) is 48.0 Å². The first-order valence-corrected chi connectivity index (χ1v) is 9.44. The molecule has 0 radical (unpaired) electrons. The SMILES string of the molecule is COc1ccc(-c2ncccc2CN2CCN(c3ccccc3)CC2)cc1. The highest BCUT2D eigenvalue weighted by Gasteiger charge is 2.18. The van der Waals surface area contributed by atoms with Crippen LogP contribution in [0.15, 0.2) is 72.9 Å². The molecule has 3 aromatic rings. The number of nitrogens with zero attached hydrogens (tertiary/aromatic N) is 3. The largest absolute Gasteiger partial charge is 0.497 e. The second kappa shape index (κ2) is 8.23. The highest BCUT2D eigenvalue weighted by molar-refractivity contribution is 5.63. The number of hydrogen-bond donors (Lipinski definition) is 0. The van der Waals surface area contributed by atoms with Crippen LogP contribution in [0.4, 0.5) is 5.69 Å². The van der Waals surface area contributed by atoms with Gasteiger partial charge in [0.1, 0.15) is 5.75 Å². The Hall–Kier alpha value is -2.85. The molecule has 4 rings (SSSR count). The number of piperazine rings is 1. The number of rotatable bonds is 5. The molecule has 4 nitrogen and oxygen atoms in total. The Balaban J connectivity index is 1.44. The van der Waals surface area contributed by atoms with Crippen LogP contribution in [0.25, 0.3) is 11.3 Å². The number of hydrogen-bond acceptors (Lipinski definition) is 4. The lowest BCUT2D eigenvalue weighted by atomic mass is 10.0. The van der Waals surface area contributed by atoms with Crippen molar-refractivity contribution in [3.63, 3.8) is 0 Å². The van der Waals surface area contributed by atoms with Crippen LogP contribution < -0.4 is 9.64 Å². The van der Waals surface area contributed by atoms with Gasteiger partial charge >= 0.3 is 0 Å². The third-order valence-corrected chi connectivity index (χ3v) is 5.14. The molecular formula is C23H25N3O. The van der Waals surface area contributed by atoms with Crippen molar-refractivity contribution >= 4 is 5.69 Å². The average Bonchev–Trinajstić information content (AvgIpc) is 2.75. The van der Waals surface area contributed by atoms with Crippen molar-refractivity contribution in [2.45, 2.75) is 6.54 Å². The lowest BCUT2D eigenvalue weighted by Gasteiger charge is -2.36. The van der Waals surface area contributed by atoms with Crippen LogP contribution in [-0.2, 0) is 6.54 Å². The van der Waals surface area contributed by atoms with Crippen molar-refractivity contribution < 1.29 is 4.74 Å². The van der Waals surface area contributed by atoms with Crippen molar-refractivity contribution in [1.29, 1.82) is 0 Å². The molecule has 1 aliphatic heterocycles. The van der Waals surface area contributed by atoms with Gasteiger partial charge in [0.2, 0.25) is 0 Å². The van der Waals surface area contributed by atoms with E-state index >= 15 is 0 Å². The summed E-state index contributed by atoms with van der Waals surface area (Å²) in [5, 5.41) is 0. The van der Waals surface area contributed by atoms with E-state index in [1.807, 2.05) is 24.4 Å². The van der Waals surface area contributed by atoms with Crippen LogP contribution in [0, 0.1) is 0 Å². The second-order valence-electron chi connectivity index (χ2n) is 6.84. The molecule has 4 heteroatoms. The normalized spacial score (nSPS) is 14.9. The molecular weight excluding hydrogens is 334 g/mol. The molecule has 0 unspecified atom stereocenters. The van der Waals surface area contributed by atoms with E-state index in [9.17, 15) is 0 Å². The second-order valence-corrected chi connectivity index (χ2v) is 6.84. The Kier molecular flexibility index (Phi) is 5.35. The Bertz CT molecular complexity index is 856. The van der Waals surface area contributed by atoms with E-state index in [2.05, 4.69) is 63.3 Å². The zero-order valence-electron chi connectivity index (χ0n) is 15.7. The first-order valence-electron chi connectivity index (χ1n) is 9.44. The maximum Gasteiger partial charge on any atom is 0.118 e. The van der Waals surface area contributed by atoms with E-state index in [0.717, 1.165) is 49.7 Å². The van der Waals surface area contributed by atoms with E-state index in [0.29, 0.717) is 0 Å². The monoisotopic (exact) mass is 359 g/mol. The molecule has 1 aliphatic rings. The number of benzene rings is 2. The maximum absolute atomic E-state index is 5.27. The fourth-order valence-corrected chi connectivity index (χ4v) is 3.62. The summed E-state index contributed by atoms with van der Waals surface area (Å²) in [5.74, 6) is 0.869. The standard InChI is InChI=1S/C23H25N3O/c1-27-22-11-9-19(10-12-22)23-20(6-5-13-24-23)18-25-14-16-26(17-15-25)21-7-3-2-4-8-21/h2-13H,14-18H2,1H3. The van der Waals surface area contributed by atoms with E-state index in [4.69, 9.17) is 4.74 Å². The lowest BCUT2D eigenvalue weighted by Crippen LogP contribution is -2.46. The van der Waals surface area contributed by atoms with Gasteiger partial charge in [-0.25, -0.2) is 0 Å². The van der Waals surface area contributed by atoms with E-state index in [1.165, 1.54) is 11.3 Å². The Labute approximate surface area is 161 Å². The van der Waals surface area contributed by atoms with Gasteiger partial charge in [-0.2, -0.15) is 0 Å². The van der Waals surface area contributed by atoms with Crippen LogP contribution in [-0.4, -0.2) is 43.2 Å². The summed E-state index contributed by atoms with van der Waals surface area (Å²) >= 11 is 0. The fourth-order valence-electron chi connectivity index (χ4n) is 3.62. The predicted molar refractivity (Wildman–Crippen MR) is 110 cm³/mol. The number of methoxy groups -OCH3 is 1. The predicted octanol–water partition coefficient (Wildman–Crippen LogP) is 4.08. The summed E-state index contributed by atoms with van der Waals surface area (Å²) in [6.45, 7) is 5.17. The molecule has 0 N–H and O–H groups in total. The lowest BCUT2D eigenvalue weighted by molar-refractivity contribution is 0.250. The summed E-state index contributed by atoms with van der Waals surface area (Å²) < 4.78 is 5.27. The van der Waals surface area contributed by atoms with E-state index < -0.39 is 0 Å². The van der Waals surface area contributed by atoms with Crippen LogP contribution in [0.3, 0.4) is 0 Å². The van der Waals surface area contributed by atoms with Crippen molar-refractivity contribution in [3.8, 4) is 17.0 Å². The zero-order valence-corrected chi connectivity index (χ0v) is 15.7. The zero-order chi connectivity index (χ0) is 18.5. The third kappa shape index (κ3) is 4.12. The highest BCUT2D eigenvalue weighted by atomic mass is 16.5. The first-order chi connectivity index (χ1) is 13.3. The van der Waals surface area contributed by atoms with Gasteiger partial charge < -0.3 is 9.64 Å². The minimum absolute atomic E-state index is 0.869. The molecule has 0 saturated carbocycles. The van der Waals surface area contributed by atoms with Crippen LogP contribution in [0.5, 0.6) is 5.75 Å². The van der Waals surface area contributed by atoms with Crippen molar-refractivity contribution in [2.75, 3.05) is 38.2 Å². The minimum Gasteiger partial charge on any atom is -0.497 e. The van der Waals surface area contributed by atoms with Gasteiger partial charge in [0.15, 0.2) is 0 Å². The summed E-state index contributed by atoms with van der Waals surface area (Å²) in [6, 6.07) is 23.0. The summed E-state index contributed by atoms with van der Waals surface area (Å²) in [7, 11) is 1.69. The molecule has 0 atom stereocenters. The smallest absolute Gasteiger partial charge is 0.118 e. The molecule has 1 aromatic heterocycles. The molecule has 138 valence electrons. The Morgan fingerprint density at radius 2 is 1.59 bits per heavy atom. The molecule has 1 fully saturated rings. The van der Waals surface area contributed by atoms with Gasteiger partial charge in [-0.15, -0.1) is 0 Å². The van der Waals surface area contributed by atoms with Crippen LogP contribution in [0.2, 0.25) is 0 Å². The highest BCUT2D eigenvalue weighted by Crippen LogP contribution is 2.25. The topological polar surface area (TPSA) is 28.6 Å². The molecule has 0 aliphatic carbocycles. The van der Waals surface area contributed by atoms with E-state index in [-0.39, 0.29) is 0 Å². The van der Waals surface area contributed by atoms with Gasteiger partial charge in [0.25, 0.3) is 0 Å². The maximum atomic E-state index is 5.27.